The van der Waals surface area contributed by atoms with E-state index in [0.29, 0.717) is 13.2 Å². The third-order valence-electron chi connectivity index (χ3n) is 2.78. The van der Waals surface area contributed by atoms with Gasteiger partial charge in [-0.1, -0.05) is 0 Å². The summed E-state index contributed by atoms with van der Waals surface area (Å²) in [4.78, 5) is 0. The summed E-state index contributed by atoms with van der Waals surface area (Å²) in [7, 11) is -3.11. The van der Waals surface area contributed by atoms with Crippen molar-refractivity contribution in [2.75, 3.05) is 23.2 Å². The standard InChI is InChI=1S/C12H17NO3S/c1-2-16-12-7-5-11(6-8-12)13-9-3-4-10-17(13,14)15/h5-8H,2-4,9-10H2,1H3. The third kappa shape index (κ3) is 2.72. The van der Waals surface area contributed by atoms with Crippen molar-refractivity contribution in [2.45, 2.75) is 19.8 Å². The van der Waals surface area contributed by atoms with Crippen LogP contribution in [0.3, 0.4) is 0 Å². The van der Waals surface area contributed by atoms with Crippen molar-refractivity contribution in [3.8, 4) is 5.75 Å². The molecular weight excluding hydrogens is 238 g/mol. The highest BCUT2D eigenvalue weighted by molar-refractivity contribution is 7.92. The summed E-state index contributed by atoms with van der Waals surface area (Å²) in [6.07, 6.45) is 1.68. The van der Waals surface area contributed by atoms with Crippen molar-refractivity contribution in [1.29, 1.82) is 0 Å². The van der Waals surface area contributed by atoms with Gasteiger partial charge in [-0.3, -0.25) is 4.31 Å². The van der Waals surface area contributed by atoms with Gasteiger partial charge in [0.1, 0.15) is 5.75 Å². The summed E-state index contributed by atoms with van der Waals surface area (Å²) in [6.45, 7) is 3.11. The predicted molar refractivity (Wildman–Crippen MR) is 68.0 cm³/mol. The lowest BCUT2D eigenvalue weighted by Crippen LogP contribution is -2.37. The van der Waals surface area contributed by atoms with E-state index in [1.807, 2.05) is 19.1 Å². The number of anilines is 1. The third-order valence-corrected chi connectivity index (χ3v) is 4.65. The predicted octanol–water partition coefficient (Wildman–Crippen LogP) is 2.02. The fourth-order valence-electron chi connectivity index (χ4n) is 1.95. The van der Waals surface area contributed by atoms with Crippen molar-refractivity contribution in [3.63, 3.8) is 0 Å². The topological polar surface area (TPSA) is 46.6 Å². The molecule has 4 nitrogen and oxygen atoms in total. The fourth-order valence-corrected chi connectivity index (χ4v) is 3.59. The van der Waals surface area contributed by atoms with Gasteiger partial charge < -0.3 is 4.74 Å². The molecule has 0 bridgehead atoms. The minimum absolute atomic E-state index is 0.250. The van der Waals surface area contributed by atoms with Crippen LogP contribution in [-0.2, 0) is 10.0 Å². The van der Waals surface area contributed by atoms with Crippen molar-refractivity contribution < 1.29 is 13.2 Å². The Morgan fingerprint density at radius 1 is 1.24 bits per heavy atom. The molecule has 5 heteroatoms. The molecule has 0 unspecified atom stereocenters. The van der Waals surface area contributed by atoms with Crippen LogP contribution < -0.4 is 9.04 Å². The average Bonchev–Trinajstić information content (AvgIpc) is 2.30. The van der Waals surface area contributed by atoms with Crippen LogP contribution in [0.2, 0.25) is 0 Å². The van der Waals surface area contributed by atoms with Gasteiger partial charge >= 0.3 is 0 Å². The van der Waals surface area contributed by atoms with Crippen LogP contribution in [0.4, 0.5) is 5.69 Å². The Balaban J connectivity index is 2.21. The van der Waals surface area contributed by atoms with E-state index in [4.69, 9.17) is 4.74 Å². The van der Waals surface area contributed by atoms with Crippen LogP contribution in [0.5, 0.6) is 5.75 Å². The van der Waals surface area contributed by atoms with E-state index in [2.05, 4.69) is 0 Å². The number of sulfonamides is 1. The summed E-state index contributed by atoms with van der Waals surface area (Å²) in [6, 6.07) is 7.22. The summed E-state index contributed by atoms with van der Waals surface area (Å²) in [5.41, 5.74) is 0.730. The summed E-state index contributed by atoms with van der Waals surface area (Å²) in [5, 5.41) is 0. The molecule has 1 fully saturated rings. The first-order valence-electron chi connectivity index (χ1n) is 5.87. The normalized spacial score (nSPS) is 19.0. The highest BCUT2D eigenvalue weighted by atomic mass is 32.2. The van der Waals surface area contributed by atoms with E-state index < -0.39 is 10.0 Å². The highest BCUT2D eigenvalue weighted by Gasteiger charge is 2.25. The second kappa shape index (κ2) is 4.96. The largest absolute Gasteiger partial charge is 0.494 e. The second-order valence-electron chi connectivity index (χ2n) is 4.02. The number of ether oxygens (including phenoxy) is 1. The molecule has 17 heavy (non-hydrogen) atoms. The first-order valence-corrected chi connectivity index (χ1v) is 7.47. The molecule has 2 rings (SSSR count). The maximum absolute atomic E-state index is 11.9. The lowest BCUT2D eigenvalue weighted by Gasteiger charge is -2.28. The summed E-state index contributed by atoms with van der Waals surface area (Å²) in [5.74, 6) is 1.02. The van der Waals surface area contributed by atoms with Gasteiger partial charge in [0.25, 0.3) is 0 Å². The Bertz CT molecular complexity index is 467. The molecule has 1 aromatic carbocycles. The van der Waals surface area contributed by atoms with Gasteiger partial charge in [-0.05, 0) is 44.0 Å². The zero-order valence-electron chi connectivity index (χ0n) is 9.93. The molecular formula is C12H17NO3S. The molecule has 1 aliphatic rings. The van der Waals surface area contributed by atoms with Gasteiger partial charge in [0.05, 0.1) is 18.0 Å². The Morgan fingerprint density at radius 2 is 1.94 bits per heavy atom. The van der Waals surface area contributed by atoms with E-state index in [-0.39, 0.29) is 5.75 Å². The zero-order valence-corrected chi connectivity index (χ0v) is 10.7. The molecule has 0 radical (unpaired) electrons. The fraction of sp³-hybridized carbons (Fsp3) is 0.500. The van der Waals surface area contributed by atoms with Crippen molar-refractivity contribution in [1.82, 2.24) is 0 Å². The van der Waals surface area contributed by atoms with Crippen molar-refractivity contribution in [3.05, 3.63) is 24.3 Å². The number of hydrogen-bond acceptors (Lipinski definition) is 3. The van der Waals surface area contributed by atoms with Gasteiger partial charge in [0, 0.05) is 6.54 Å². The Hall–Kier alpha value is -1.23. The zero-order chi connectivity index (χ0) is 12.3. The van der Waals surface area contributed by atoms with Gasteiger partial charge in [-0.2, -0.15) is 0 Å². The van der Waals surface area contributed by atoms with Gasteiger partial charge in [0.2, 0.25) is 10.0 Å². The number of benzene rings is 1. The van der Waals surface area contributed by atoms with Crippen LogP contribution in [0, 0.1) is 0 Å². The van der Waals surface area contributed by atoms with Crippen molar-refractivity contribution >= 4 is 15.7 Å². The van der Waals surface area contributed by atoms with E-state index in [0.717, 1.165) is 24.3 Å². The van der Waals surface area contributed by atoms with E-state index >= 15 is 0 Å². The molecule has 0 spiro atoms. The van der Waals surface area contributed by atoms with Gasteiger partial charge in [-0.15, -0.1) is 0 Å². The van der Waals surface area contributed by atoms with Crippen LogP contribution in [0.15, 0.2) is 24.3 Å². The molecule has 1 heterocycles. The van der Waals surface area contributed by atoms with E-state index in [1.165, 1.54) is 4.31 Å². The molecule has 0 amide bonds. The summed E-state index contributed by atoms with van der Waals surface area (Å²) >= 11 is 0. The maximum atomic E-state index is 11.9. The molecule has 94 valence electrons. The second-order valence-corrected chi connectivity index (χ2v) is 6.04. The first kappa shape index (κ1) is 12.2. The van der Waals surface area contributed by atoms with Gasteiger partial charge in [0.15, 0.2) is 0 Å². The van der Waals surface area contributed by atoms with Crippen LogP contribution in [0.1, 0.15) is 19.8 Å². The number of hydrogen-bond donors (Lipinski definition) is 0. The molecule has 1 aromatic rings. The first-order chi connectivity index (χ1) is 8.13. The lowest BCUT2D eigenvalue weighted by atomic mass is 10.2. The Morgan fingerprint density at radius 3 is 2.53 bits per heavy atom. The smallest absolute Gasteiger partial charge is 0.235 e. The highest BCUT2D eigenvalue weighted by Crippen LogP contribution is 2.25. The summed E-state index contributed by atoms with van der Waals surface area (Å²) < 4.78 is 30.6. The van der Waals surface area contributed by atoms with Crippen molar-refractivity contribution in [2.24, 2.45) is 0 Å². The lowest BCUT2D eigenvalue weighted by molar-refractivity contribution is 0.340. The quantitative estimate of drug-likeness (QED) is 0.830. The minimum Gasteiger partial charge on any atom is -0.494 e. The number of nitrogens with zero attached hydrogens (tertiary/aromatic N) is 1. The Labute approximate surface area is 102 Å². The van der Waals surface area contributed by atoms with E-state index in [1.54, 1.807) is 12.1 Å². The van der Waals surface area contributed by atoms with Gasteiger partial charge in [-0.25, -0.2) is 8.42 Å². The van der Waals surface area contributed by atoms with Crippen LogP contribution >= 0.6 is 0 Å². The molecule has 0 N–H and O–H groups in total. The van der Waals surface area contributed by atoms with Crippen LogP contribution in [-0.4, -0.2) is 27.3 Å². The van der Waals surface area contributed by atoms with Crippen LogP contribution in [0.25, 0.3) is 0 Å². The molecule has 0 atom stereocenters. The maximum Gasteiger partial charge on any atom is 0.235 e. The molecule has 0 aliphatic carbocycles. The van der Waals surface area contributed by atoms with E-state index in [9.17, 15) is 8.42 Å². The average molecular weight is 255 g/mol. The molecule has 0 saturated carbocycles. The Kier molecular flexibility index (Phi) is 3.57. The SMILES string of the molecule is CCOc1ccc(N2CCCCS2(=O)=O)cc1. The molecule has 0 aromatic heterocycles. The number of rotatable bonds is 3. The molecule has 1 aliphatic heterocycles. The minimum atomic E-state index is -3.11. The monoisotopic (exact) mass is 255 g/mol. The molecule has 1 saturated heterocycles.